The van der Waals surface area contributed by atoms with Gasteiger partial charge < -0.3 is 16.0 Å². The van der Waals surface area contributed by atoms with E-state index < -0.39 is 0 Å². The molecule has 0 fully saturated rings. The smallest absolute Gasteiger partial charge is 0.226 e. The Bertz CT molecular complexity index is 843. The van der Waals surface area contributed by atoms with Gasteiger partial charge in [0.05, 0.1) is 11.4 Å². The number of carbonyl (C=O) groups excluding carboxylic acids is 2. The van der Waals surface area contributed by atoms with E-state index in [2.05, 4.69) is 16.0 Å². The van der Waals surface area contributed by atoms with Gasteiger partial charge in [0.2, 0.25) is 11.8 Å². The molecule has 1 aliphatic heterocycles. The molecule has 0 aromatic heterocycles. The summed E-state index contributed by atoms with van der Waals surface area (Å²) < 4.78 is 0. The van der Waals surface area contributed by atoms with E-state index in [9.17, 15) is 9.59 Å². The number of fused-ring (bicyclic) bond motifs is 1. The molecule has 1 heterocycles. The Kier molecular flexibility index (Phi) is 4.84. The van der Waals surface area contributed by atoms with Gasteiger partial charge in [-0.05, 0) is 30.2 Å². The zero-order valence-corrected chi connectivity index (χ0v) is 14.3. The van der Waals surface area contributed by atoms with Gasteiger partial charge in [0, 0.05) is 25.1 Å². The zero-order chi connectivity index (χ0) is 17.8. The van der Waals surface area contributed by atoms with E-state index in [-0.39, 0.29) is 17.9 Å². The van der Waals surface area contributed by atoms with Crippen LogP contribution in [-0.4, -0.2) is 17.9 Å². The van der Waals surface area contributed by atoms with E-state index >= 15 is 0 Å². The van der Waals surface area contributed by atoms with Crippen LogP contribution in [0.15, 0.2) is 42.5 Å². The zero-order valence-electron chi connectivity index (χ0n) is 14.3. The van der Waals surface area contributed by atoms with Gasteiger partial charge in [-0.1, -0.05) is 42.5 Å². The van der Waals surface area contributed by atoms with Crippen LogP contribution in [0.25, 0.3) is 12.2 Å². The highest BCUT2D eigenvalue weighted by Crippen LogP contribution is 2.31. The van der Waals surface area contributed by atoms with Crippen LogP contribution in [0.2, 0.25) is 0 Å². The summed E-state index contributed by atoms with van der Waals surface area (Å²) in [5, 5.41) is 9.17. The molecule has 2 aromatic carbocycles. The minimum atomic E-state index is -0.104. The molecule has 25 heavy (non-hydrogen) atoms. The first-order valence-electron chi connectivity index (χ1n) is 8.27. The second-order valence-electron chi connectivity index (χ2n) is 6.17. The fraction of sp³-hybridized carbons (Fsp3) is 0.200. The van der Waals surface area contributed by atoms with E-state index in [1.165, 1.54) is 6.92 Å². The minimum absolute atomic E-state index is 0.0101. The van der Waals surface area contributed by atoms with Gasteiger partial charge in [0.1, 0.15) is 0 Å². The first-order valence-corrected chi connectivity index (χ1v) is 8.27. The molecular formula is C20H21N3O2. The Morgan fingerprint density at radius 2 is 1.84 bits per heavy atom. The average molecular weight is 335 g/mol. The maximum absolute atomic E-state index is 11.9. The third kappa shape index (κ3) is 4.07. The molecule has 0 saturated carbocycles. The summed E-state index contributed by atoms with van der Waals surface area (Å²) in [6, 6.07) is 13.5. The molecule has 1 atom stereocenters. The third-order valence-corrected chi connectivity index (χ3v) is 3.97. The van der Waals surface area contributed by atoms with Crippen LogP contribution >= 0.6 is 0 Å². The lowest BCUT2D eigenvalue weighted by atomic mass is 10.1. The first-order chi connectivity index (χ1) is 12.0. The normalized spacial score (nSPS) is 16.6. The molecule has 5 nitrogen and oxygen atoms in total. The highest BCUT2D eigenvalue weighted by Gasteiger charge is 2.18. The second-order valence-corrected chi connectivity index (χ2v) is 6.17. The Balaban J connectivity index is 1.94. The number of carbonyl (C=O) groups is 2. The van der Waals surface area contributed by atoms with Gasteiger partial charge in [-0.2, -0.15) is 0 Å². The average Bonchev–Trinajstić information content (AvgIpc) is 2.70. The molecule has 3 N–H and O–H groups in total. The van der Waals surface area contributed by atoms with Crippen molar-refractivity contribution in [3.63, 3.8) is 0 Å². The summed E-state index contributed by atoms with van der Waals surface area (Å²) in [5.74, 6) is -0.0940. The summed E-state index contributed by atoms with van der Waals surface area (Å²) in [4.78, 5) is 23.2. The fourth-order valence-electron chi connectivity index (χ4n) is 2.88. The molecule has 1 aliphatic rings. The third-order valence-electron chi connectivity index (χ3n) is 3.97. The molecule has 3 rings (SSSR count). The summed E-state index contributed by atoms with van der Waals surface area (Å²) in [5.41, 5.74) is 4.36. The molecule has 0 aliphatic carbocycles. The van der Waals surface area contributed by atoms with Gasteiger partial charge >= 0.3 is 0 Å². The molecule has 0 unspecified atom stereocenters. The van der Waals surface area contributed by atoms with Crippen LogP contribution < -0.4 is 16.0 Å². The lowest BCUT2D eigenvalue weighted by molar-refractivity contribution is -0.116. The SMILES string of the molecule is CC(=O)Nc1ccccc1/C=C/c1cccc2c1N[C@H](C)CC(=O)N2. The van der Waals surface area contributed by atoms with Crippen molar-refractivity contribution in [1.82, 2.24) is 0 Å². The van der Waals surface area contributed by atoms with Crippen molar-refractivity contribution in [1.29, 1.82) is 0 Å². The quantitative estimate of drug-likeness (QED) is 0.744. The van der Waals surface area contributed by atoms with Crippen molar-refractivity contribution in [2.75, 3.05) is 16.0 Å². The standard InChI is InChI=1S/C20H21N3O2/c1-13-12-19(25)23-18-9-5-7-16(20(18)21-13)11-10-15-6-3-4-8-17(15)22-14(2)24/h3-11,13,21H,12H2,1-2H3,(H,22,24)(H,23,25)/b11-10+/t13-/m1/s1. The molecule has 0 radical (unpaired) electrons. The van der Waals surface area contributed by atoms with Crippen LogP contribution in [0.1, 0.15) is 31.4 Å². The van der Waals surface area contributed by atoms with E-state index in [4.69, 9.17) is 0 Å². The number of nitrogens with one attached hydrogen (secondary N) is 3. The van der Waals surface area contributed by atoms with E-state index in [1.807, 2.05) is 61.5 Å². The summed E-state index contributed by atoms with van der Waals surface area (Å²) in [7, 11) is 0. The largest absolute Gasteiger partial charge is 0.380 e. The molecule has 0 saturated heterocycles. The van der Waals surface area contributed by atoms with Gasteiger partial charge in [-0.15, -0.1) is 0 Å². The predicted octanol–water partition coefficient (Wildman–Crippen LogP) is 3.96. The second kappa shape index (κ2) is 7.21. The van der Waals surface area contributed by atoms with E-state index in [1.54, 1.807) is 0 Å². The van der Waals surface area contributed by atoms with Crippen LogP contribution in [0.3, 0.4) is 0 Å². The lowest BCUT2D eigenvalue weighted by Gasteiger charge is -2.14. The Morgan fingerprint density at radius 1 is 1.12 bits per heavy atom. The topological polar surface area (TPSA) is 70.2 Å². The van der Waals surface area contributed by atoms with Crippen molar-refractivity contribution in [2.45, 2.75) is 26.3 Å². The fourth-order valence-corrected chi connectivity index (χ4v) is 2.88. The van der Waals surface area contributed by atoms with Gasteiger partial charge in [0.15, 0.2) is 0 Å². The van der Waals surface area contributed by atoms with Crippen molar-refractivity contribution in [3.05, 3.63) is 53.6 Å². The van der Waals surface area contributed by atoms with Crippen LogP contribution in [0.4, 0.5) is 17.1 Å². The molecule has 5 heteroatoms. The number of benzene rings is 2. The van der Waals surface area contributed by atoms with E-state index in [0.717, 1.165) is 28.2 Å². The molecular weight excluding hydrogens is 314 g/mol. The number of anilines is 3. The molecule has 2 aromatic rings. The highest BCUT2D eigenvalue weighted by atomic mass is 16.2. The van der Waals surface area contributed by atoms with Crippen molar-refractivity contribution in [2.24, 2.45) is 0 Å². The van der Waals surface area contributed by atoms with Crippen LogP contribution in [-0.2, 0) is 9.59 Å². The lowest BCUT2D eigenvalue weighted by Crippen LogP contribution is -2.19. The minimum Gasteiger partial charge on any atom is -0.380 e. The first kappa shape index (κ1) is 16.8. The number of hydrogen-bond donors (Lipinski definition) is 3. The summed E-state index contributed by atoms with van der Waals surface area (Å²) >= 11 is 0. The van der Waals surface area contributed by atoms with Crippen LogP contribution in [0.5, 0.6) is 0 Å². The summed E-state index contributed by atoms with van der Waals surface area (Å²) in [6.45, 7) is 3.48. The van der Waals surface area contributed by atoms with Crippen molar-refractivity contribution < 1.29 is 9.59 Å². The maximum Gasteiger partial charge on any atom is 0.226 e. The highest BCUT2D eigenvalue weighted by molar-refractivity contribution is 5.99. The van der Waals surface area contributed by atoms with E-state index in [0.29, 0.717) is 6.42 Å². The maximum atomic E-state index is 11.9. The monoisotopic (exact) mass is 335 g/mol. The Labute approximate surface area is 147 Å². The van der Waals surface area contributed by atoms with Gasteiger partial charge in [-0.3, -0.25) is 9.59 Å². The summed E-state index contributed by atoms with van der Waals surface area (Å²) in [6.07, 6.45) is 4.37. The predicted molar refractivity (Wildman–Crippen MR) is 102 cm³/mol. The molecule has 0 spiro atoms. The van der Waals surface area contributed by atoms with Crippen molar-refractivity contribution >= 4 is 41.0 Å². The molecule has 128 valence electrons. The van der Waals surface area contributed by atoms with Crippen molar-refractivity contribution in [3.8, 4) is 0 Å². The number of para-hydroxylation sites is 2. The Hall–Kier alpha value is -3.08. The number of rotatable bonds is 3. The van der Waals surface area contributed by atoms with Gasteiger partial charge in [-0.25, -0.2) is 0 Å². The Morgan fingerprint density at radius 3 is 2.64 bits per heavy atom. The van der Waals surface area contributed by atoms with Crippen LogP contribution in [0, 0.1) is 0 Å². The number of hydrogen-bond acceptors (Lipinski definition) is 3. The molecule has 2 amide bonds. The van der Waals surface area contributed by atoms with Gasteiger partial charge in [0.25, 0.3) is 0 Å². The molecule has 0 bridgehead atoms. The number of amides is 2.